The maximum atomic E-state index is 13.1. The number of ether oxygens (including phenoxy) is 1. The van der Waals surface area contributed by atoms with Gasteiger partial charge in [0.05, 0.1) is 6.54 Å². The molecule has 1 atom stereocenters. The normalized spacial score (nSPS) is 15.4. The maximum absolute atomic E-state index is 13.1. The minimum absolute atomic E-state index is 0.106. The van der Waals surface area contributed by atoms with E-state index in [0.29, 0.717) is 29.1 Å². The van der Waals surface area contributed by atoms with Crippen LogP contribution in [0.1, 0.15) is 21.7 Å². The molecule has 132 valence electrons. The lowest BCUT2D eigenvalue weighted by Gasteiger charge is -2.12. The number of halogens is 1. The van der Waals surface area contributed by atoms with Gasteiger partial charge in [-0.2, -0.15) is 0 Å². The number of aromatic nitrogens is 1. The number of amides is 1. The van der Waals surface area contributed by atoms with E-state index in [1.807, 2.05) is 24.3 Å². The van der Waals surface area contributed by atoms with E-state index < -0.39 is 0 Å². The summed E-state index contributed by atoms with van der Waals surface area (Å²) in [6.45, 7) is 2.05. The average Bonchev–Trinajstić information content (AvgIpc) is 3.23. The first-order valence-corrected chi connectivity index (χ1v) is 8.37. The molecule has 2 heterocycles. The van der Waals surface area contributed by atoms with Crippen LogP contribution in [0.2, 0.25) is 0 Å². The standard InChI is InChI=1S/C20H17FN2O3/c1-12-18(19(23-26-12)13-6-8-15(21)9-7-13)20(24)22-11-16-10-14-4-2-3-5-17(14)25-16/h2-9,16H,10-11H2,1H3,(H,22,24). The number of nitrogens with zero attached hydrogens (tertiary/aromatic N) is 1. The predicted octanol–water partition coefficient (Wildman–Crippen LogP) is 3.52. The molecular formula is C20H17FN2O3. The van der Waals surface area contributed by atoms with E-state index in [1.54, 1.807) is 19.1 Å². The Morgan fingerprint density at radius 1 is 1.23 bits per heavy atom. The summed E-state index contributed by atoms with van der Waals surface area (Å²) < 4.78 is 24.2. The van der Waals surface area contributed by atoms with Gasteiger partial charge in [-0.15, -0.1) is 0 Å². The number of rotatable bonds is 4. The zero-order valence-electron chi connectivity index (χ0n) is 14.2. The van der Waals surface area contributed by atoms with Crippen molar-refractivity contribution in [2.45, 2.75) is 19.4 Å². The summed E-state index contributed by atoms with van der Waals surface area (Å²) in [4.78, 5) is 12.7. The third-order valence-corrected chi connectivity index (χ3v) is 4.41. The molecule has 26 heavy (non-hydrogen) atoms. The third-order valence-electron chi connectivity index (χ3n) is 4.41. The Hall–Kier alpha value is -3.15. The summed E-state index contributed by atoms with van der Waals surface area (Å²) in [5.41, 5.74) is 2.51. The van der Waals surface area contributed by atoms with Crippen molar-refractivity contribution in [2.75, 3.05) is 6.54 Å². The van der Waals surface area contributed by atoms with Crippen molar-refractivity contribution < 1.29 is 18.4 Å². The quantitative estimate of drug-likeness (QED) is 0.780. The fourth-order valence-corrected chi connectivity index (χ4v) is 3.11. The van der Waals surface area contributed by atoms with E-state index in [2.05, 4.69) is 10.5 Å². The molecule has 1 unspecified atom stereocenters. The van der Waals surface area contributed by atoms with Gasteiger partial charge < -0.3 is 14.6 Å². The summed E-state index contributed by atoms with van der Waals surface area (Å²) in [5.74, 6) is 0.637. The summed E-state index contributed by atoms with van der Waals surface area (Å²) in [7, 11) is 0. The molecule has 0 bridgehead atoms. The minimum atomic E-state index is -0.349. The van der Waals surface area contributed by atoms with Crippen LogP contribution >= 0.6 is 0 Å². The van der Waals surface area contributed by atoms with Gasteiger partial charge in [-0.25, -0.2) is 4.39 Å². The van der Waals surface area contributed by atoms with E-state index in [-0.39, 0.29) is 17.8 Å². The van der Waals surface area contributed by atoms with Crippen LogP contribution in [0, 0.1) is 12.7 Å². The highest BCUT2D eigenvalue weighted by molar-refractivity contribution is 6.00. The third kappa shape index (κ3) is 3.06. The topological polar surface area (TPSA) is 64.4 Å². The molecule has 1 aliphatic heterocycles. The zero-order valence-corrected chi connectivity index (χ0v) is 14.2. The fraction of sp³-hybridized carbons (Fsp3) is 0.200. The second-order valence-electron chi connectivity index (χ2n) is 6.23. The van der Waals surface area contributed by atoms with Gasteiger partial charge in [0.1, 0.15) is 34.7 Å². The molecule has 5 nitrogen and oxygen atoms in total. The van der Waals surface area contributed by atoms with Crippen LogP contribution in [0.4, 0.5) is 4.39 Å². The molecule has 1 N–H and O–H groups in total. The number of benzene rings is 2. The van der Waals surface area contributed by atoms with Crippen molar-refractivity contribution >= 4 is 5.91 Å². The molecule has 4 rings (SSSR count). The summed E-state index contributed by atoms with van der Waals surface area (Å²) in [6, 6.07) is 13.6. The molecule has 0 aliphatic carbocycles. The van der Waals surface area contributed by atoms with Crippen molar-refractivity contribution in [1.29, 1.82) is 0 Å². The molecule has 0 radical (unpaired) electrons. The van der Waals surface area contributed by atoms with Crippen LogP contribution in [-0.2, 0) is 6.42 Å². The molecule has 3 aromatic rings. The average molecular weight is 352 g/mol. The molecule has 0 saturated heterocycles. The lowest BCUT2D eigenvalue weighted by molar-refractivity contribution is 0.0932. The summed E-state index contributed by atoms with van der Waals surface area (Å²) in [5, 5.41) is 6.85. The van der Waals surface area contributed by atoms with E-state index in [0.717, 1.165) is 17.7 Å². The Labute approximate surface area is 149 Å². The van der Waals surface area contributed by atoms with Gasteiger partial charge in [-0.3, -0.25) is 4.79 Å². The smallest absolute Gasteiger partial charge is 0.257 e. The van der Waals surface area contributed by atoms with Gasteiger partial charge >= 0.3 is 0 Å². The van der Waals surface area contributed by atoms with Crippen LogP contribution in [0.15, 0.2) is 53.1 Å². The Morgan fingerprint density at radius 3 is 2.77 bits per heavy atom. The van der Waals surface area contributed by atoms with Crippen LogP contribution in [0.5, 0.6) is 5.75 Å². The second kappa shape index (κ2) is 6.63. The number of carbonyl (C=O) groups is 1. The molecule has 1 amide bonds. The minimum Gasteiger partial charge on any atom is -0.488 e. The highest BCUT2D eigenvalue weighted by Gasteiger charge is 2.25. The molecule has 1 aliphatic rings. The van der Waals surface area contributed by atoms with Crippen molar-refractivity contribution in [3.05, 3.63) is 71.2 Å². The van der Waals surface area contributed by atoms with Gasteiger partial charge in [-0.05, 0) is 42.8 Å². The van der Waals surface area contributed by atoms with Gasteiger partial charge in [0.2, 0.25) is 0 Å². The van der Waals surface area contributed by atoms with Gasteiger partial charge in [0, 0.05) is 12.0 Å². The molecule has 6 heteroatoms. The first kappa shape index (κ1) is 16.3. The fourth-order valence-electron chi connectivity index (χ4n) is 3.11. The van der Waals surface area contributed by atoms with Crippen LogP contribution in [0.3, 0.4) is 0 Å². The van der Waals surface area contributed by atoms with E-state index >= 15 is 0 Å². The molecule has 1 aromatic heterocycles. The number of aryl methyl sites for hydroxylation is 1. The van der Waals surface area contributed by atoms with E-state index in [9.17, 15) is 9.18 Å². The number of para-hydroxylation sites is 1. The van der Waals surface area contributed by atoms with Gasteiger partial charge in [0.25, 0.3) is 5.91 Å². The van der Waals surface area contributed by atoms with Gasteiger partial charge in [0.15, 0.2) is 0 Å². The van der Waals surface area contributed by atoms with E-state index in [4.69, 9.17) is 9.26 Å². The highest BCUT2D eigenvalue weighted by Crippen LogP contribution is 2.28. The largest absolute Gasteiger partial charge is 0.488 e. The Morgan fingerprint density at radius 2 is 2.00 bits per heavy atom. The Balaban J connectivity index is 1.47. The van der Waals surface area contributed by atoms with Crippen LogP contribution in [-0.4, -0.2) is 23.7 Å². The van der Waals surface area contributed by atoms with Crippen molar-refractivity contribution in [3.8, 4) is 17.0 Å². The molecule has 0 spiro atoms. The van der Waals surface area contributed by atoms with Crippen molar-refractivity contribution in [3.63, 3.8) is 0 Å². The molecule has 0 fully saturated rings. The van der Waals surface area contributed by atoms with Crippen molar-refractivity contribution in [2.24, 2.45) is 0 Å². The van der Waals surface area contributed by atoms with Crippen LogP contribution < -0.4 is 10.1 Å². The lowest BCUT2D eigenvalue weighted by atomic mass is 10.1. The molecule has 0 saturated carbocycles. The predicted molar refractivity (Wildman–Crippen MR) is 93.5 cm³/mol. The number of carbonyl (C=O) groups excluding carboxylic acids is 1. The first-order chi connectivity index (χ1) is 12.6. The monoisotopic (exact) mass is 352 g/mol. The summed E-state index contributed by atoms with van der Waals surface area (Å²) in [6.07, 6.45) is 0.648. The van der Waals surface area contributed by atoms with Gasteiger partial charge in [-0.1, -0.05) is 23.4 Å². The zero-order chi connectivity index (χ0) is 18.1. The first-order valence-electron chi connectivity index (χ1n) is 8.37. The van der Waals surface area contributed by atoms with E-state index in [1.165, 1.54) is 12.1 Å². The Bertz CT molecular complexity index is 925. The maximum Gasteiger partial charge on any atom is 0.257 e. The van der Waals surface area contributed by atoms with Crippen LogP contribution in [0.25, 0.3) is 11.3 Å². The molecule has 2 aromatic carbocycles. The number of hydrogen-bond donors (Lipinski definition) is 1. The number of hydrogen-bond acceptors (Lipinski definition) is 4. The SMILES string of the molecule is Cc1onc(-c2ccc(F)cc2)c1C(=O)NCC1Cc2ccccc2O1. The van der Waals surface area contributed by atoms with Crippen molar-refractivity contribution in [1.82, 2.24) is 10.5 Å². The molecular weight excluding hydrogens is 335 g/mol. The number of fused-ring (bicyclic) bond motifs is 1. The summed E-state index contributed by atoms with van der Waals surface area (Å²) >= 11 is 0. The second-order valence-corrected chi connectivity index (χ2v) is 6.23. The highest BCUT2D eigenvalue weighted by atomic mass is 19.1. The lowest BCUT2D eigenvalue weighted by Crippen LogP contribution is -2.34. The number of nitrogens with one attached hydrogen (secondary N) is 1. The Kier molecular flexibility index (Phi) is 4.16.